The second kappa shape index (κ2) is 6.10. The van der Waals surface area contributed by atoms with E-state index in [0.29, 0.717) is 6.54 Å². The van der Waals surface area contributed by atoms with Gasteiger partial charge >= 0.3 is 5.69 Å². The summed E-state index contributed by atoms with van der Waals surface area (Å²) in [7, 11) is 0. The molecule has 0 bridgehead atoms. The van der Waals surface area contributed by atoms with Crippen LogP contribution in [0.4, 0.5) is 11.5 Å². The van der Waals surface area contributed by atoms with Crippen LogP contribution in [0, 0.1) is 17.0 Å². The summed E-state index contributed by atoms with van der Waals surface area (Å²) in [6.45, 7) is 4.27. The van der Waals surface area contributed by atoms with E-state index in [2.05, 4.69) is 15.3 Å². The fraction of sp³-hybridized carbons (Fsp3) is 0.286. The Hall–Kier alpha value is -2.50. The topological polar surface area (TPSA) is 81.0 Å². The third-order valence-corrected chi connectivity index (χ3v) is 3.00. The van der Waals surface area contributed by atoms with E-state index in [1.807, 2.05) is 19.1 Å². The van der Waals surface area contributed by atoms with Gasteiger partial charge in [-0.15, -0.1) is 0 Å². The molecule has 0 aliphatic carbocycles. The third-order valence-electron chi connectivity index (χ3n) is 3.00. The number of hydrogen-bond acceptors (Lipinski definition) is 5. The largest absolute Gasteiger partial charge is 0.359 e. The van der Waals surface area contributed by atoms with Crippen LogP contribution in [0.2, 0.25) is 0 Å². The number of rotatable bonds is 5. The van der Waals surface area contributed by atoms with E-state index in [0.717, 1.165) is 23.4 Å². The first-order chi connectivity index (χ1) is 9.61. The van der Waals surface area contributed by atoms with Crippen LogP contribution in [0.25, 0.3) is 0 Å². The van der Waals surface area contributed by atoms with Gasteiger partial charge in [-0.25, -0.2) is 4.98 Å². The van der Waals surface area contributed by atoms with Crippen LogP contribution in [-0.2, 0) is 13.0 Å². The minimum atomic E-state index is -0.437. The summed E-state index contributed by atoms with van der Waals surface area (Å²) in [6.07, 6.45) is 2.59. The van der Waals surface area contributed by atoms with Crippen LogP contribution < -0.4 is 5.32 Å². The van der Waals surface area contributed by atoms with Gasteiger partial charge in [0.25, 0.3) is 0 Å². The molecule has 2 heterocycles. The molecule has 0 saturated carbocycles. The van der Waals surface area contributed by atoms with E-state index in [1.165, 1.54) is 6.07 Å². The molecular weight excluding hydrogens is 256 g/mol. The van der Waals surface area contributed by atoms with Crippen LogP contribution in [-0.4, -0.2) is 14.9 Å². The van der Waals surface area contributed by atoms with Crippen molar-refractivity contribution in [3.63, 3.8) is 0 Å². The minimum absolute atomic E-state index is 0.0235. The zero-order valence-corrected chi connectivity index (χ0v) is 11.5. The number of nitrogens with one attached hydrogen (secondary N) is 1. The average Bonchev–Trinajstić information content (AvgIpc) is 2.45. The average molecular weight is 272 g/mol. The second-order valence-electron chi connectivity index (χ2n) is 4.39. The van der Waals surface area contributed by atoms with E-state index in [-0.39, 0.29) is 11.5 Å². The second-order valence-corrected chi connectivity index (χ2v) is 4.39. The molecule has 0 radical (unpaired) electrons. The highest BCUT2D eigenvalue weighted by molar-refractivity contribution is 5.56. The lowest BCUT2D eigenvalue weighted by Gasteiger charge is -2.09. The summed E-state index contributed by atoms with van der Waals surface area (Å²) >= 11 is 0. The standard InChI is InChI=1S/C14H16N4O2/c1-3-11-5-4-8-15-12(11)9-16-14-13(18(19)20)7-6-10(2)17-14/h4-8H,3,9H2,1-2H3,(H,16,17). The van der Waals surface area contributed by atoms with Gasteiger partial charge in [0.15, 0.2) is 0 Å². The lowest BCUT2D eigenvalue weighted by atomic mass is 10.1. The minimum Gasteiger partial charge on any atom is -0.359 e. The van der Waals surface area contributed by atoms with Crippen molar-refractivity contribution < 1.29 is 4.92 Å². The van der Waals surface area contributed by atoms with Crippen LogP contribution in [0.5, 0.6) is 0 Å². The van der Waals surface area contributed by atoms with E-state index >= 15 is 0 Å². The molecule has 6 nitrogen and oxygen atoms in total. The van der Waals surface area contributed by atoms with Gasteiger partial charge in [0, 0.05) is 18.0 Å². The van der Waals surface area contributed by atoms with Gasteiger partial charge in [0.2, 0.25) is 5.82 Å². The first-order valence-electron chi connectivity index (χ1n) is 6.40. The van der Waals surface area contributed by atoms with E-state index in [9.17, 15) is 10.1 Å². The Morgan fingerprint density at radius 1 is 1.35 bits per heavy atom. The summed E-state index contributed by atoms with van der Waals surface area (Å²) in [5, 5.41) is 14.0. The van der Waals surface area contributed by atoms with Crippen molar-refractivity contribution >= 4 is 11.5 Å². The molecule has 6 heteroatoms. The highest BCUT2D eigenvalue weighted by atomic mass is 16.6. The van der Waals surface area contributed by atoms with Crippen molar-refractivity contribution in [2.75, 3.05) is 5.32 Å². The summed E-state index contributed by atoms with van der Waals surface area (Å²) in [4.78, 5) is 19.0. The van der Waals surface area contributed by atoms with E-state index < -0.39 is 4.92 Å². The van der Waals surface area contributed by atoms with Crippen molar-refractivity contribution in [2.24, 2.45) is 0 Å². The summed E-state index contributed by atoms with van der Waals surface area (Å²) in [5.41, 5.74) is 2.71. The molecule has 0 spiro atoms. The molecule has 0 aromatic carbocycles. The van der Waals surface area contributed by atoms with Crippen molar-refractivity contribution in [3.05, 3.63) is 57.5 Å². The number of hydrogen-bond donors (Lipinski definition) is 1. The maximum absolute atomic E-state index is 11.0. The predicted molar refractivity (Wildman–Crippen MR) is 76.6 cm³/mol. The number of nitro groups is 1. The molecule has 0 saturated heterocycles. The third kappa shape index (κ3) is 3.09. The Bertz CT molecular complexity index is 628. The van der Waals surface area contributed by atoms with Crippen molar-refractivity contribution in [1.82, 2.24) is 9.97 Å². The molecule has 20 heavy (non-hydrogen) atoms. The van der Waals surface area contributed by atoms with E-state index in [1.54, 1.807) is 19.2 Å². The molecule has 2 aromatic heterocycles. The SMILES string of the molecule is CCc1cccnc1CNc1nc(C)ccc1[N+](=O)[O-]. The van der Waals surface area contributed by atoms with Gasteiger partial charge < -0.3 is 5.32 Å². The molecule has 0 aliphatic heterocycles. The smallest absolute Gasteiger partial charge is 0.311 e. The van der Waals surface area contributed by atoms with Crippen LogP contribution in [0.1, 0.15) is 23.9 Å². The van der Waals surface area contributed by atoms with Crippen molar-refractivity contribution in [1.29, 1.82) is 0 Å². The Morgan fingerprint density at radius 3 is 2.85 bits per heavy atom. The van der Waals surface area contributed by atoms with Gasteiger partial charge in [-0.3, -0.25) is 15.1 Å². The molecule has 1 N–H and O–H groups in total. The summed E-state index contributed by atoms with van der Waals surface area (Å²) in [6, 6.07) is 6.98. The fourth-order valence-electron chi connectivity index (χ4n) is 1.95. The van der Waals surface area contributed by atoms with Gasteiger partial charge in [-0.2, -0.15) is 0 Å². The number of anilines is 1. The van der Waals surface area contributed by atoms with Crippen LogP contribution >= 0.6 is 0 Å². The number of aromatic nitrogens is 2. The van der Waals surface area contributed by atoms with E-state index in [4.69, 9.17) is 0 Å². The van der Waals surface area contributed by atoms with Gasteiger partial charge in [-0.05, 0) is 31.0 Å². The normalized spacial score (nSPS) is 10.3. The Balaban J connectivity index is 2.22. The molecule has 0 fully saturated rings. The summed E-state index contributed by atoms with van der Waals surface area (Å²) < 4.78 is 0. The maximum atomic E-state index is 11.0. The van der Waals surface area contributed by atoms with Crippen molar-refractivity contribution in [2.45, 2.75) is 26.8 Å². The van der Waals surface area contributed by atoms with Gasteiger partial charge in [0.1, 0.15) is 0 Å². The number of aryl methyl sites for hydroxylation is 2. The molecule has 104 valence electrons. The molecule has 0 unspecified atom stereocenters. The molecule has 0 atom stereocenters. The molecular formula is C14H16N4O2. The van der Waals surface area contributed by atoms with Crippen LogP contribution in [0.15, 0.2) is 30.5 Å². The Labute approximate surface area is 117 Å². The lowest BCUT2D eigenvalue weighted by molar-refractivity contribution is -0.384. The zero-order chi connectivity index (χ0) is 14.5. The molecule has 0 amide bonds. The zero-order valence-electron chi connectivity index (χ0n) is 11.5. The monoisotopic (exact) mass is 272 g/mol. The first kappa shape index (κ1) is 13.9. The number of nitrogens with zero attached hydrogens (tertiary/aromatic N) is 3. The predicted octanol–water partition coefficient (Wildman–Crippen LogP) is 2.87. The van der Waals surface area contributed by atoms with Crippen molar-refractivity contribution in [3.8, 4) is 0 Å². The molecule has 2 rings (SSSR count). The Morgan fingerprint density at radius 2 is 2.15 bits per heavy atom. The maximum Gasteiger partial charge on any atom is 0.311 e. The van der Waals surface area contributed by atoms with Gasteiger partial charge in [0.05, 0.1) is 17.2 Å². The number of pyridine rings is 2. The Kier molecular flexibility index (Phi) is 4.24. The first-order valence-corrected chi connectivity index (χ1v) is 6.40. The highest BCUT2D eigenvalue weighted by Crippen LogP contribution is 2.22. The van der Waals surface area contributed by atoms with Crippen LogP contribution in [0.3, 0.4) is 0 Å². The highest BCUT2D eigenvalue weighted by Gasteiger charge is 2.15. The fourth-order valence-corrected chi connectivity index (χ4v) is 1.95. The summed E-state index contributed by atoms with van der Waals surface area (Å²) in [5.74, 6) is 0.280. The molecule has 0 aliphatic rings. The van der Waals surface area contributed by atoms with Gasteiger partial charge in [-0.1, -0.05) is 13.0 Å². The quantitative estimate of drug-likeness (QED) is 0.668. The lowest BCUT2D eigenvalue weighted by Crippen LogP contribution is -2.08. The molecule has 2 aromatic rings.